The molecule has 0 aliphatic rings. The van der Waals surface area contributed by atoms with Gasteiger partial charge in [0.1, 0.15) is 18.1 Å². The van der Waals surface area contributed by atoms with Crippen molar-refractivity contribution in [3.05, 3.63) is 29.8 Å². The molecule has 0 unspecified atom stereocenters. The number of aliphatic carboxylic acids is 1. The molecule has 1 rings (SSSR count). The third kappa shape index (κ3) is 5.44. The van der Waals surface area contributed by atoms with E-state index < -0.39 is 5.97 Å². The number of rotatable bonds is 8. The molecule has 0 heterocycles. The van der Waals surface area contributed by atoms with Crippen LogP contribution < -0.4 is 9.47 Å². The Balaban J connectivity index is 2.80. The van der Waals surface area contributed by atoms with E-state index in [1.165, 1.54) is 6.08 Å². The molecule has 1 aromatic rings. The van der Waals surface area contributed by atoms with Gasteiger partial charge in [0.05, 0.1) is 13.7 Å². The fraction of sp³-hybridized carbons (Fsp3) is 0.357. The van der Waals surface area contributed by atoms with Crippen molar-refractivity contribution in [2.24, 2.45) is 0 Å². The van der Waals surface area contributed by atoms with E-state index in [0.717, 1.165) is 6.08 Å². The van der Waals surface area contributed by atoms with Gasteiger partial charge < -0.3 is 19.3 Å². The summed E-state index contributed by atoms with van der Waals surface area (Å²) in [7, 11) is 1.56. The first kappa shape index (κ1) is 15.0. The Hall–Kier alpha value is -2.01. The normalized spacial score (nSPS) is 10.6. The highest BCUT2D eigenvalue weighted by Crippen LogP contribution is 2.26. The Labute approximate surface area is 112 Å². The summed E-state index contributed by atoms with van der Waals surface area (Å²) < 4.78 is 15.9. The Kier molecular flexibility index (Phi) is 6.46. The fourth-order valence-electron chi connectivity index (χ4n) is 1.42. The Morgan fingerprint density at radius 2 is 2.16 bits per heavy atom. The second-order valence-electron chi connectivity index (χ2n) is 3.62. The van der Waals surface area contributed by atoms with Gasteiger partial charge >= 0.3 is 5.97 Å². The second-order valence-corrected chi connectivity index (χ2v) is 3.62. The van der Waals surface area contributed by atoms with E-state index in [0.29, 0.717) is 36.9 Å². The molecule has 0 bridgehead atoms. The fourth-order valence-corrected chi connectivity index (χ4v) is 1.42. The summed E-state index contributed by atoms with van der Waals surface area (Å²) in [5, 5.41) is 8.64. The van der Waals surface area contributed by atoms with Gasteiger partial charge in [-0.2, -0.15) is 0 Å². The lowest BCUT2D eigenvalue weighted by Crippen LogP contribution is -2.07. The molecule has 5 heteroatoms. The highest BCUT2D eigenvalue weighted by atomic mass is 16.5. The number of ether oxygens (including phenoxy) is 3. The molecule has 19 heavy (non-hydrogen) atoms. The van der Waals surface area contributed by atoms with Crippen LogP contribution in [0.2, 0.25) is 0 Å². The molecule has 0 aromatic heterocycles. The minimum absolute atomic E-state index is 0.398. The number of carbonyl (C=O) groups is 1. The minimum atomic E-state index is -1.00. The van der Waals surface area contributed by atoms with Crippen LogP contribution in [0, 0.1) is 0 Å². The van der Waals surface area contributed by atoms with Crippen molar-refractivity contribution >= 4 is 12.0 Å². The van der Waals surface area contributed by atoms with Crippen LogP contribution >= 0.6 is 0 Å². The van der Waals surface area contributed by atoms with Crippen molar-refractivity contribution in [3.8, 4) is 11.5 Å². The maximum absolute atomic E-state index is 10.5. The van der Waals surface area contributed by atoms with Crippen LogP contribution in [-0.2, 0) is 9.53 Å². The molecule has 0 saturated heterocycles. The molecule has 0 aliphatic carbocycles. The number of benzene rings is 1. The maximum Gasteiger partial charge on any atom is 0.328 e. The average molecular weight is 266 g/mol. The van der Waals surface area contributed by atoms with Gasteiger partial charge in [0.25, 0.3) is 0 Å². The summed E-state index contributed by atoms with van der Waals surface area (Å²) in [5.41, 5.74) is 0.680. The molecule has 0 fully saturated rings. The van der Waals surface area contributed by atoms with Crippen LogP contribution in [0.1, 0.15) is 12.5 Å². The zero-order valence-electron chi connectivity index (χ0n) is 11.1. The van der Waals surface area contributed by atoms with Gasteiger partial charge in [-0.3, -0.25) is 0 Å². The molecule has 104 valence electrons. The Bertz CT molecular complexity index is 439. The first-order valence-electron chi connectivity index (χ1n) is 5.97. The van der Waals surface area contributed by atoms with Gasteiger partial charge in [0.15, 0.2) is 0 Å². The van der Waals surface area contributed by atoms with Crippen LogP contribution in [0.25, 0.3) is 6.08 Å². The predicted molar refractivity (Wildman–Crippen MR) is 71.7 cm³/mol. The van der Waals surface area contributed by atoms with E-state index in [2.05, 4.69) is 0 Å². The molecular formula is C14H18O5. The predicted octanol–water partition coefficient (Wildman–Crippen LogP) is 2.21. The molecule has 0 aliphatic heterocycles. The molecule has 1 N–H and O–H groups in total. The summed E-state index contributed by atoms with van der Waals surface area (Å²) in [5.74, 6) is 0.214. The van der Waals surface area contributed by atoms with Gasteiger partial charge in [-0.15, -0.1) is 0 Å². The number of carboxylic acid groups (broad SMARTS) is 1. The quantitative estimate of drug-likeness (QED) is 0.577. The van der Waals surface area contributed by atoms with E-state index in [9.17, 15) is 4.79 Å². The summed E-state index contributed by atoms with van der Waals surface area (Å²) in [4.78, 5) is 10.5. The monoisotopic (exact) mass is 266 g/mol. The molecule has 1 aromatic carbocycles. The number of methoxy groups -OCH3 is 1. The van der Waals surface area contributed by atoms with Gasteiger partial charge in [0, 0.05) is 24.3 Å². The van der Waals surface area contributed by atoms with E-state index in [1.54, 1.807) is 25.3 Å². The number of carboxylic acids is 1. The van der Waals surface area contributed by atoms with E-state index in [-0.39, 0.29) is 0 Å². The molecule has 5 nitrogen and oxygen atoms in total. The summed E-state index contributed by atoms with van der Waals surface area (Å²) in [6, 6.07) is 5.21. The topological polar surface area (TPSA) is 65.0 Å². The minimum Gasteiger partial charge on any atom is -0.497 e. The van der Waals surface area contributed by atoms with Crippen LogP contribution in [0.3, 0.4) is 0 Å². The SMILES string of the molecule is CCOCCOc1cc(OC)ccc1C=CC(=O)O. The first-order valence-corrected chi connectivity index (χ1v) is 5.97. The van der Waals surface area contributed by atoms with Crippen LogP contribution in [-0.4, -0.2) is 38.0 Å². The molecular weight excluding hydrogens is 248 g/mol. The average Bonchev–Trinajstić information content (AvgIpc) is 2.41. The summed E-state index contributed by atoms with van der Waals surface area (Å²) in [6.07, 6.45) is 2.55. The Morgan fingerprint density at radius 3 is 2.79 bits per heavy atom. The zero-order valence-corrected chi connectivity index (χ0v) is 11.1. The van der Waals surface area contributed by atoms with Crippen molar-refractivity contribution in [1.82, 2.24) is 0 Å². The largest absolute Gasteiger partial charge is 0.497 e. The van der Waals surface area contributed by atoms with Crippen LogP contribution in [0.4, 0.5) is 0 Å². The lowest BCUT2D eigenvalue weighted by atomic mass is 10.1. The van der Waals surface area contributed by atoms with Gasteiger partial charge in [0.2, 0.25) is 0 Å². The second kappa shape index (κ2) is 8.16. The molecule has 0 radical (unpaired) electrons. The Morgan fingerprint density at radius 1 is 1.37 bits per heavy atom. The molecule has 0 amide bonds. The summed E-state index contributed by atoms with van der Waals surface area (Å²) >= 11 is 0. The first-order chi connectivity index (χ1) is 9.17. The zero-order chi connectivity index (χ0) is 14.1. The van der Waals surface area contributed by atoms with Gasteiger partial charge in [-0.25, -0.2) is 4.79 Å². The number of hydrogen-bond acceptors (Lipinski definition) is 4. The van der Waals surface area contributed by atoms with Crippen LogP contribution in [0.15, 0.2) is 24.3 Å². The molecule has 0 spiro atoms. The highest BCUT2D eigenvalue weighted by Gasteiger charge is 2.04. The number of hydrogen-bond donors (Lipinski definition) is 1. The van der Waals surface area contributed by atoms with Crippen molar-refractivity contribution < 1.29 is 24.1 Å². The van der Waals surface area contributed by atoms with Crippen molar-refractivity contribution in [1.29, 1.82) is 0 Å². The molecule has 0 saturated carbocycles. The van der Waals surface area contributed by atoms with E-state index in [4.69, 9.17) is 19.3 Å². The van der Waals surface area contributed by atoms with Crippen molar-refractivity contribution in [2.45, 2.75) is 6.92 Å². The smallest absolute Gasteiger partial charge is 0.328 e. The third-order valence-corrected chi connectivity index (χ3v) is 2.32. The molecule has 0 atom stereocenters. The third-order valence-electron chi connectivity index (χ3n) is 2.32. The standard InChI is InChI=1S/C14H18O5/c1-3-18-8-9-19-13-10-12(17-2)6-4-11(13)5-7-14(15)16/h4-7,10H,3,8-9H2,1-2H3,(H,15,16). The van der Waals surface area contributed by atoms with Gasteiger partial charge in [-0.1, -0.05) is 0 Å². The highest BCUT2D eigenvalue weighted by molar-refractivity contribution is 5.86. The van der Waals surface area contributed by atoms with Crippen LogP contribution in [0.5, 0.6) is 11.5 Å². The van der Waals surface area contributed by atoms with Gasteiger partial charge in [-0.05, 0) is 25.1 Å². The lowest BCUT2D eigenvalue weighted by Gasteiger charge is -2.11. The van der Waals surface area contributed by atoms with Crippen molar-refractivity contribution in [2.75, 3.05) is 26.9 Å². The van der Waals surface area contributed by atoms with E-state index in [1.807, 2.05) is 6.92 Å². The summed E-state index contributed by atoms with van der Waals surface area (Å²) in [6.45, 7) is 3.42. The van der Waals surface area contributed by atoms with Crippen molar-refractivity contribution in [3.63, 3.8) is 0 Å². The van der Waals surface area contributed by atoms with E-state index >= 15 is 0 Å². The lowest BCUT2D eigenvalue weighted by molar-refractivity contribution is -0.131. The maximum atomic E-state index is 10.5.